The van der Waals surface area contributed by atoms with Gasteiger partial charge in [0.1, 0.15) is 11.4 Å². The van der Waals surface area contributed by atoms with Crippen molar-refractivity contribution in [3.8, 4) is 11.1 Å². The maximum atomic E-state index is 12.9. The zero-order chi connectivity index (χ0) is 25.3. The first-order chi connectivity index (χ1) is 16.6. The number of alkyl halides is 3. The van der Waals surface area contributed by atoms with Gasteiger partial charge in [-0.2, -0.15) is 23.3 Å². The molecule has 0 aliphatic heterocycles. The Labute approximate surface area is 199 Å². The third-order valence-corrected chi connectivity index (χ3v) is 5.78. The number of carbonyl (C=O) groups excluding carboxylic acids is 1. The molecule has 12 heteroatoms. The number of amides is 1. The lowest BCUT2D eigenvalue weighted by Gasteiger charge is -2.16. The second-order valence-electron chi connectivity index (χ2n) is 8.26. The number of aromatic nitrogens is 6. The Hall–Kier alpha value is -3.96. The minimum atomic E-state index is -4.50. The lowest BCUT2D eigenvalue weighted by atomic mass is 10.1. The summed E-state index contributed by atoms with van der Waals surface area (Å²) in [5.74, 6) is -0.276. The number of nitrogens with one attached hydrogen (secondary N) is 1. The highest BCUT2D eigenvalue weighted by atomic mass is 19.4. The van der Waals surface area contributed by atoms with E-state index >= 15 is 0 Å². The molecule has 3 N–H and O–H groups in total. The van der Waals surface area contributed by atoms with Crippen molar-refractivity contribution in [1.82, 2.24) is 34.7 Å². The monoisotopic (exact) mass is 486 g/mol. The second-order valence-corrected chi connectivity index (χ2v) is 8.26. The van der Waals surface area contributed by atoms with E-state index in [1.165, 1.54) is 16.8 Å². The Bertz CT molecular complexity index is 1340. The predicted octanol–water partition coefficient (Wildman–Crippen LogP) is 4.12. The summed E-state index contributed by atoms with van der Waals surface area (Å²) in [5, 5.41) is 11.5. The number of fused-ring (bicyclic) bond motifs is 1. The summed E-state index contributed by atoms with van der Waals surface area (Å²) in [6, 6.07) is 5.44. The molecule has 4 rings (SSSR count). The van der Waals surface area contributed by atoms with Crippen LogP contribution in [0.2, 0.25) is 0 Å². The van der Waals surface area contributed by atoms with Crippen LogP contribution in [0.25, 0.3) is 16.8 Å². The average molecular weight is 487 g/mol. The summed E-state index contributed by atoms with van der Waals surface area (Å²) < 4.78 is 41.7. The fraction of sp³-hybridized carbons (Fsp3) is 0.348. The number of carbonyl (C=O) groups is 1. The van der Waals surface area contributed by atoms with E-state index in [1.54, 1.807) is 29.2 Å². The van der Waals surface area contributed by atoms with E-state index in [0.717, 1.165) is 12.5 Å². The van der Waals surface area contributed by atoms with E-state index in [2.05, 4.69) is 25.5 Å². The second kappa shape index (κ2) is 9.35. The summed E-state index contributed by atoms with van der Waals surface area (Å²) in [6.45, 7) is 5.78. The van der Waals surface area contributed by atoms with E-state index in [9.17, 15) is 18.0 Å². The molecule has 0 spiro atoms. The van der Waals surface area contributed by atoms with Gasteiger partial charge in [0.2, 0.25) is 5.95 Å². The van der Waals surface area contributed by atoms with Crippen molar-refractivity contribution in [3.05, 3.63) is 59.8 Å². The van der Waals surface area contributed by atoms with Crippen molar-refractivity contribution in [3.63, 3.8) is 0 Å². The molecule has 4 aromatic rings. The molecule has 0 radical (unpaired) electrons. The zero-order valence-corrected chi connectivity index (χ0v) is 19.4. The SMILES string of the molecule is CC[C@H](c1ccc(C(F)(F)F)nc1)n1cc(-c2cc(C(=O)N[C@@H](C)CC)n3nc(N)nc3c2)cn1. The highest BCUT2D eigenvalue weighted by Gasteiger charge is 2.32. The molecule has 0 fully saturated rings. The van der Waals surface area contributed by atoms with Crippen LogP contribution < -0.4 is 11.1 Å². The first-order valence-electron chi connectivity index (χ1n) is 11.2. The summed E-state index contributed by atoms with van der Waals surface area (Å²) >= 11 is 0. The molecule has 0 aromatic carbocycles. The molecule has 0 bridgehead atoms. The van der Waals surface area contributed by atoms with Gasteiger partial charge < -0.3 is 11.1 Å². The van der Waals surface area contributed by atoms with Gasteiger partial charge in [-0.1, -0.05) is 19.9 Å². The molecule has 0 saturated heterocycles. The molecular formula is C23H25F3N8O. The molecule has 0 aliphatic rings. The molecule has 2 atom stereocenters. The van der Waals surface area contributed by atoms with Crippen LogP contribution in [0.3, 0.4) is 0 Å². The topological polar surface area (TPSA) is 116 Å². The molecule has 0 saturated carbocycles. The molecule has 35 heavy (non-hydrogen) atoms. The average Bonchev–Trinajstić information content (AvgIpc) is 3.44. The molecule has 9 nitrogen and oxygen atoms in total. The van der Waals surface area contributed by atoms with E-state index in [0.29, 0.717) is 28.8 Å². The van der Waals surface area contributed by atoms with Crippen molar-refractivity contribution in [1.29, 1.82) is 0 Å². The molecule has 184 valence electrons. The number of nitrogens with zero attached hydrogens (tertiary/aromatic N) is 6. The summed E-state index contributed by atoms with van der Waals surface area (Å²) in [7, 11) is 0. The van der Waals surface area contributed by atoms with Crippen molar-refractivity contribution in [2.24, 2.45) is 0 Å². The van der Waals surface area contributed by atoms with Gasteiger partial charge in [-0.25, -0.2) is 4.52 Å². The Balaban J connectivity index is 1.69. The number of anilines is 1. The van der Waals surface area contributed by atoms with Crippen LogP contribution >= 0.6 is 0 Å². The third kappa shape index (κ3) is 4.96. The lowest BCUT2D eigenvalue weighted by molar-refractivity contribution is -0.141. The summed E-state index contributed by atoms with van der Waals surface area (Å²) in [5.41, 5.74) is 7.48. The van der Waals surface area contributed by atoms with Crippen LogP contribution in [0.15, 0.2) is 42.9 Å². The maximum Gasteiger partial charge on any atom is 0.433 e. The first kappa shape index (κ1) is 24.2. The molecule has 4 heterocycles. The number of halogens is 3. The fourth-order valence-corrected chi connectivity index (χ4v) is 3.73. The van der Waals surface area contributed by atoms with E-state index in [-0.39, 0.29) is 29.6 Å². The first-order valence-corrected chi connectivity index (χ1v) is 11.2. The normalized spacial score (nSPS) is 13.7. The molecule has 1 amide bonds. The van der Waals surface area contributed by atoms with E-state index < -0.39 is 11.9 Å². The molecule has 0 unspecified atom stereocenters. The van der Waals surface area contributed by atoms with Gasteiger partial charge in [0, 0.05) is 24.0 Å². The lowest BCUT2D eigenvalue weighted by Crippen LogP contribution is -2.33. The van der Waals surface area contributed by atoms with Crippen LogP contribution in [0.1, 0.15) is 61.4 Å². The van der Waals surface area contributed by atoms with Crippen LogP contribution in [0.5, 0.6) is 0 Å². The smallest absolute Gasteiger partial charge is 0.366 e. The number of hydrogen-bond donors (Lipinski definition) is 2. The fourth-order valence-electron chi connectivity index (χ4n) is 3.73. The van der Waals surface area contributed by atoms with Crippen molar-refractivity contribution in [2.45, 2.75) is 51.9 Å². The molecule has 0 aliphatic carbocycles. The van der Waals surface area contributed by atoms with Crippen LogP contribution in [-0.2, 0) is 6.18 Å². The summed E-state index contributed by atoms with van der Waals surface area (Å²) in [6.07, 6.45) is 1.47. The number of hydrogen-bond acceptors (Lipinski definition) is 6. The van der Waals surface area contributed by atoms with Gasteiger partial charge in [0.25, 0.3) is 5.91 Å². The van der Waals surface area contributed by atoms with Crippen molar-refractivity contribution in [2.75, 3.05) is 5.73 Å². The third-order valence-electron chi connectivity index (χ3n) is 5.78. The highest BCUT2D eigenvalue weighted by Crippen LogP contribution is 2.30. The number of nitrogens with two attached hydrogens (primary N) is 1. The maximum absolute atomic E-state index is 12.9. The van der Waals surface area contributed by atoms with Crippen LogP contribution in [0.4, 0.5) is 19.1 Å². The van der Waals surface area contributed by atoms with Gasteiger partial charge >= 0.3 is 6.18 Å². The quantitative estimate of drug-likeness (QED) is 0.406. The largest absolute Gasteiger partial charge is 0.433 e. The van der Waals surface area contributed by atoms with Gasteiger partial charge in [0.05, 0.1) is 12.2 Å². The van der Waals surface area contributed by atoms with Gasteiger partial charge in [-0.3, -0.25) is 14.5 Å². The Kier molecular flexibility index (Phi) is 6.46. The predicted molar refractivity (Wildman–Crippen MR) is 124 cm³/mol. The Morgan fingerprint density at radius 3 is 2.54 bits per heavy atom. The van der Waals surface area contributed by atoms with Crippen LogP contribution in [0, 0.1) is 0 Å². The summed E-state index contributed by atoms with van der Waals surface area (Å²) in [4.78, 5) is 20.7. The van der Waals surface area contributed by atoms with Crippen molar-refractivity contribution < 1.29 is 18.0 Å². The van der Waals surface area contributed by atoms with Crippen LogP contribution in [-0.4, -0.2) is 41.3 Å². The van der Waals surface area contributed by atoms with Crippen molar-refractivity contribution >= 4 is 17.5 Å². The Morgan fingerprint density at radius 2 is 1.91 bits per heavy atom. The van der Waals surface area contributed by atoms with E-state index in [4.69, 9.17) is 5.73 Å². The minimum absolute atomic E-state index is 0.0347. The van der Waals surface area contributed by atoms with Gasteiger partial charge in [-0.15, -0.1) is 5.10 Å². The molecule has 4 aromatic heterocycles. The number of nitrogen functional groups attached to an aromatic ring is 1. The standard InChI is InChI=1S/C23H25F3N8O/c1-4-13(3)30-21(35)18-8-15(9-20-31-22(27)32-34(18)20)16-11-29-33(12-16)17(5-2)14-6-7-19(28-10-14)23(24,25)26/h6-13,17H,4-5H2,1-3H3,(H2,27,32)(H,30,35)/t13-,17+/m0/s1. The number of rotatable bonds is 7. The van der Waals surface area contributed by atoms with E-state index in [1.807, 2.05) is 20.8 Å². The molecular weight excluding hydrogens is 461 g/mol. The van der Waals surface area contributed by atoms with Gasteiger partial charge in [-0.05, 0) is 49.1 Å². The van der Waals surface area contributed by atoms with Gasteiger partial charge in [0.15, 0.2) is 5.65 Å². The minimum Gasteiger partial charge on any atom is -0.366 e. The number of pyridine rings is 2. The zero-order valence-electron chi connectivity index (χ0n) is 19.4. The Morgan fingerprint density at radius 1 is 1.14 bits per heavy atom. The highest BCUT2D eigenvalue weighted by molar-refractivity contribution is 5.95.